The van der Waals surface area contributed by atoms with Crippen molar-refractivity contribution in [2.45, 2.75) is 32.2 Å². The molecule has 0 bridgehead atoms. The number of aliphatic hydroxyl groups is 1. The van der Waals surface area contributed by atoms with Gasteiger partial charge in [0.1, 0.15) is 23.1 Å². The second-order valence-corrected chi connectivity index (χ2v) is 10.9. The van der Waals surface area contributed by atoms with E-state index in [1.807, 2.05) is 12.1 Å². The van der Waals surface area contributed by atoms with E-state index >= 15 is 0 Å². The number of hydrogen-bond acceptors (Lipinski definition) is 6. The van der Waals surface area contributed by atoms with Crippen LogP contribution in [0.5, 0.6) is 11.5 Å². The van der Waals surface area contributed by atoms with Crippen molar-refractivity contribution in [1.29, 1.82) is 0 Å². The molecule has 1 aromatic heterocycles. The average molecular weight is 564 g/mol. The third-order valence-electron chi connectivity index (χ3n) is 6.93. The Kier molecular flexibility index (Phi) is 6.79. The average Bonchev–Trinajstić information content (AvgIpc) is 3.45. The van der Waals surface area contributed by atoms with E-state index in [-0.39, 0.29) is 39.0 Å². The minimum absolute atomic E-state index is 0.0345. The molecular weight excluding hydrogens is 537 g/mol. The number of ether oxygens (including phenoxy) is 2. The van der Waals surface area contributed by atoms with Crippen molar-refractivity contribution < 1.29 is 28.6 Å². The number of aromatic amines is 1. The molecule has 0 saturated carbocycles. The van der Waals surface area contributed by atoms with Crippen LogP contribution >= 0.6 is 11.6 Å². The molecule has 1 atom stereocenters. The van der Waals surface area contributed by atoms with Crippen molar-refractivity contribution in [2.24, 2.45) is 0 Å². The molecule has 1 aliphatic rings. The summed E-state index contributed by atoms with van der Waals surface area (Å²) in [5, 5.41) is 11.8. The van der Waals surface area contributed by atoms with E-state index in [0.717, 1.165) is 5.56 Å². The number of halogens is 2. The van der Waals surface area contributed by atoms with Gasteiger partial charge >= 0.3 is 5.91 Å². The number of methoxy groups -OCH3 is 2. The molecule has 5 rings (SSSR count). The fraction of sp³-hybridized carbons (Fsp3) is 0.233. The van der Waals surface area contributed by atoms with E-state index in [9.17, 15) is 19.1 Å². The lowest BCUT2D eigenvalue weighted by molar-refractivity contribution is -0.132. The van der Waals surface area contributed by atoms with Crippen LogP contribution in [0.1, 0.15) is 43.5 Å². The number of anilines is 1. The number of Topliss-reactive ketones (excluding diaryl/α,β-unsaturated/α-hetero) is 1. The third-order valence-corrected chi connectivity index (χ3v) is 7.22. The molecule has 206 valence electrons. The first-order valence-corrected chi connectivity index (χ1v) is 12.8. The zero-order valence-electron chi connectivity index (χ0n) is 22.5. The fourth-order valence-corrected chi connectivity index (χ4v) is 5.04. The highest BCUT2D eigenvalue weighted by atomic mass is 35.5. The molecular formula is C30H27ClFN3O5. The summed E-state index contributed by atoms with van der Waals surface area (Å²) in [7, 11) is 2.81. The number of carbonyl (C=O) groups is 2. The molecule has 2 heterocycles. The summed E-state index contributed by atoms with van der Waals surface area (Å²) in [6.45, 7) is 6.21. The Balaban J connectivity index is 1.76. The van der Waals surface area contributed by atoms with Gasteiger partial charge in [-0.3, -0.25) is 14.5 Å². The highest BCUT2D eigenvalue weighted by Crippen LogP contribution is 2.44. The Hall–Kier alpha value is -4.37. The minimum atomic E-state index is -1.06. The predicted molar refractivity (Wildman–Crippen MR) is 151 cm³/mol. The van der Waals surface area contributed by atoms with Crippen LogP contribution in [0.15, 0.2) is 60.2 Å². The quantitative estimate of drug-likeness (QED) is 0.168. The summed E-state index contributed by atoms with van der Waals surface area (Å²) < 4.78 is 24.6. The van der Waals surface area contributed by atoms with Gasteiger partial charge < -0.3 is 19.6 Å². The normalized spacial score (nSPS) is 17.1. The smallest absolute Gasteiger partial charge is 0.302 e. The van der Waals surface area contributed by atoms with Crippen molar-refractivity contribution in [3.05, 3.63) is 87.7 Å². The highest BCUT2D eigenvalue weighted by molar-refractivity contribution is 6.51. The number of aromatic nitrogens is 2. The zero-order valence-corrected chi connectivity index (χ0v) is 23.3. The molecule has 1 amide bonds. The maximum absolute atomic E-state index is 13.9. The standard InChI is InChI=1S/C30H27ClFN3O5/c1-30(2,3)16-8-6-15(7-9-16)25-24(26(36)18-13-23(40-5)19(31)14-22(18)39-4)27(37)28(38)35(25)29-33-20-11-10-17(32)12-21(20)34-29/h6-14,25,36H,1-5H3,(H,33,34)/b26-24+. The maximum Gasteiger partial charge on any atom is 0.302 e. The Morgan fingerprint density at radius 2 is 1.70 bits per heavy atom. The van der Waals surface area contributed by atoms with Crippen molar-refractivity contribution in [1.82, 2.24) is 9.97 Å². The van der Waals surface area contributed by atoms with Crippen LogP contribution in [0.2, 0.25) is 5.02 Å². The van der Waals surface area contributed by atoms with Crippen LogP contribution in [-0.2, 0) is 15.0 Å². The van der Waals surface area contributed by atoms with Gasteiger partial charge in [0, 0.05) is 6.07 Å². The Bertz CT molecular complexity index is 1690. The molecule has 10 heteroatoms. The monoisotopic (exact) mass is 563 g/mol. The number of benzene rings is 3. The first-order chi connectivity index (χ1) is 18.9. The number of hydrogen-bond donors (Lipinski definition) is 2. The molecule has 1 unspecified atom stereocenters. The number of fused-ring (bicyclic) bond motifs is 1. The summed E-state index contributed by atoms with van der Waals surface area (Å²) >= 11 is 6.25. The van der Waals surface area contributed by atoms with Gasteiger partial charge in [-0.25, -0.2) is 9.37 Å². The van der Waals surface area contributed by atoms with E-state index in [2.05, 4.69) is 30.7 Å². The molecule has 1 saturated heterocycles. The molecule has 4 aromatic rings. The SMILES string of the molecule is COc1cc(/C(O)=C2\C(=O)C(=O)N(c3nc4ccc(F)cc4[nH]3)C2c2ccc(C(C)(C)C)cc2)c(OC)cc1Cl. The van der Waals surface area contributed by atoms with E-state index in [0.29, 0.717) is 16.6 Å². The zero-order chi connectivity index (χ0) is 28.9. The lowest BCUT2D eigenvalue weighted by atomic mass is 9.85. The number of aliphatic hydroxyl groups excluding tert-OH is 1. The molecule has 40 heavy (non-hydrogen) atoms. The van der Waals surface area contributed by atoms with Crippen LogP contribution < -0.4 is 14.4 Å². The van der Waals surface area contributed by atoms with Crippen LogP contribution in [0, 0.1) is 5.82 Å². The lowest BCUT2D eigenvalue weighted by Crippen LogP contribution is -2.30. The van der Waals surface area contributed by atoms with Gasteiger partial charge in [-0.1, -0.05) is 56.6 Å². The van der Waals surface area contributed by atoms with Crippen molar-refractivity contribution in [3.8, 4) is 11.5 Å². The van der Waals surface area contributed by atoms with Crippen LogP contribution in [0.3, 0.4) is 0 Å². The molecule has 0 radical (unpaired) electrons. The lowest BCUT2D eigenvalue weighted by Gasteiger charge is -2.25. The van der Waals surface area contributed by atoms with E-state index in [1.165, 1.54) is 49.5 Å². The van der Waals surface area contributed by atoms with Gasteiger partial charge in [0.25, 0.3) is 5.78 Å². The largest absolute Gasteiger partial charge is 0.507 e. The summed E-state index contributed by atoms with van der Waals surface area (Å²) in [5.41, 5.74) is 2.15. The summed E-state index contributed by atoms with van der Waals surface area (Å²) in [6.07, 6.45) is 0. The van der Waals surface area contributed by atoms with E-state index in [4.69, 9.17) is 21.1 Å². The van der Waals surface area contributed by atoms with Gasteiger partial charge in [0.05, 0.1) is 47.5 Å². The van der Waals surface area contributed by atoms with E-state index in [1.54, 1.807) is 12.1 Å². The number of nitrogens with one attached hydrogen (secondary N) is 1. The van der Waals surface area contributed by atoms with Gasteiger partial charge in [0.2, 0.25) is 5.95 Å². The van der Waals surface area contributed by atoms with Gasteiger partial charge in [-0.15, -0.1) is 0 Å². The van der Waals surface area contributed by atoms with Crippen molar-refractivity contribution in [3.63, 3.8) is 0 Å². The van der Waals surface area contributed by atoms with Crippen molar-refractivity contribution in [2.75, 3.05) is 19.1 Å². The van der Waals surface area contributed by atoms with Crippen LogP contribution in [0.25, 0.3) is 16.8 Å². The fourth-order valence-electron chi connectivity index (χ4n) is 4.80. The number of carbonyl (C=O) groups excluding carboxylic acids is 2. The number of rotatable bonds is 5. The molecule has 0 spiro atoms. The first-order valence-electron chi connectivity index (χ1n) is 12.4. The van der Waals surface area contributed by atoms with Gasteiger partial charge in [-0.2, -0.15) is 0 Å². The topological polar surface area (TPSA) is 105 Å². The highest BCUT2D eigenvalue weighted by Gasteiger charge is 2.48. The van der Waals surface area contributed by atoms with Gasteiger partial charge in [0.15, 0.2) is 0 Å². The summed E-state index contributed by atoms with van der Waals surface area (Å²) in [6, 6.07) is 13.2. The third kappa shape index (κ3) is 4.56. The molecule has 1 aliphatic heterocycles. The number of imidazole rings is 1. The van der Waals surface area contributed by atoms with Gasteiger partial charge in [-0.05, 0) is 40.8 Å². The first kappa shape index (κ1) is 27.2. The summed E-state index contributed by atoms with van der Waals surface area (Å²) in [5.74, 6) is -2.34. The summed E-state index contributed by atoms with van der Waals surface area (Å²) in [4.78, 5) is 35.7. The number of amides is 1. The Morgan fingerprint density at radius 3 is 2.33 bits per heavy atom. The molecule has 2 N–H and O–H groups in total. The molecule has 8 nitrogen and oxygen atoms in total. The van der Waals surface area contributed by atoms with Crippen LogP contribution in [-0.4, -0.2) is 41.0 Å². The molecule has 0 aliphatic carbocycles. The molecule has 3 aromatic carbocycles. The van der Waals surface area contributed by atoms with E-state index < -0.39 is 29.3 Å². The Labute approximate surface area is 235 Å². The second kappa shape index (κ2) is 9.98. The number of ketones is 1. The predicted octanol–water partition coefficient (Wildman–Crippen LogP) is 6.30. The van der Waals surface area contributed by atoms with Crippen LogP contribution in [0.4, 0.5) is 10.3 Å². The Morgan fingerprint density at radius 1 is 1.02 bits per heavy atom. The van der Waals surface area contributed by atoms with Crippen molar-refractivity contribution >= 4 is 46.0 Å². The number of H-pyrrole nitrogens is 1. The minimum Gasteiger partial charge on any atom is -0.507 e. The number of nitrogens with zero attached hydrogens (tertiary/aromatic N) is 2. The maximum atomic E-state index is 13.9. The molecule has 1 fully saturated rings. The second-order valence-electron chi connectivity index (χ2n) is 10.5.